The second-order valence-electron chi connectivity index (χ2n) is 5.67. The lowest BCUT2D eigenvalue weighted by atomic mass is 10.2. The Labute approximate surface area is 109 Å². The minimum absolute atomic E-state index is 0.355. The molecule has 1 N–H and O–H groups in total. The molecule has 0 aromatic rings. The Kier molecular flexibility index (Phi) is 4.23. The van der Waals surface area contributed by atoms with E-state index in [1.807, 2.05) is 0 Å². The summed E-state index contributed by atoms with van der Waals surface area (Å²) in [6, 6.07) is 0. The zero-order valence-electron chi connectivity index (χ0n) is 11.3. The van der Waals surface area contributed by atoms with Crippen molar-refractivity contribution in [2.75, 3.05) is 31.9 Å². The lowest BCUT2D eigenvalue weighted by Crippen LogP contribution is -2.51. The molecule has 0 aromatic heterocycles. The molecule has 2 aliphatic rings. The van der Waals surface area contributed by atoms with Crippen molar-refractivity contribution in [3.63, 3.8) is 0 Å². The maximum absolute atomic E-state index is 4.79. The summed E-state index contributed by atoms with van der Waals surface area (Å²) in [4.78, 5) is 7.22. The Bertz CT molecular complexity index is 284. The van der Waals surface area contributed by atoms with Gasteiger partial charge in [0, 0.05) is 36.7 Å². The Balaban J connectivity index is 1.95. The highest BCUT2D eigenvalue weighted by Gasteiger charge is 2.29. The topological polar surface area (TPSA) is 27.6 Å². The fraction of sp³-hybridized carbons (Fsp3) is 0.923. The van der Waals surface area contributed by atoms with Gasteiger partial charge in [0.1, 0.15) is 0 Å². The zero-order valence-corrected chi connectivity index (χ0v) is 12.1. The molecule has 1 aliphatic carbocycles. The van der Waals surface area contributed by atoms with E-state index in [0.717, 1.165) is 38.1 Å². The number of hydrogen-bond donors (Lipinski definition) is 1. The molecule has 4 heteroatoms. The summed E-state index contributed by atoms with van der Waals surface area (Å²) in [5, 5.41) is 3.44. The number of hydrogen-bond acceptors (Lipinski definition) is 2. The molecule has 2 rings (SSSR count). The minimum atomic E-state index is 0.355. The lowest BCUT2D eigenvalue weighted by Gasteiger charge is -2.39. The van der Waals surface area contributed by atoms with Crippen molar-refractivity contribution >= 4 is 17.7 Å². The average molecular weight is 255 g/mol. The molecule has 98 valence electrons. The van der Waals surface area contributed by atoms with Crippen molar-refractivity contribution in [2.24, 2.45) is 10.9 Å². The van der Waals surface area contributed by atoms with E-state index < -0.39 is 0 Å². The van der Waals surface area contributed by atoms with Crippen molar-refractivity contribution in [3.05, 3.63) is 0 Å². The van der Waals surface area contributed by atoms with E-state index in [0.29, 0.717) is 4.75 Å². The van der Waals surface area contributed by atoms with Gasteiger partial charge in [-0.3, -0.25) is 4.99 Å². The smallest absolute Gasteiger partial charge is 0.193 e. The van der Waals surface area contributed by atoms with Gasteiger partial charge in [-0.05, 0) is 39.5 Å². The molecule has 1 saturated heterocycles. The number of aliphatic imine (C=N–C) groups is 1. The third-order valence-electron chi connectivity index (χ3n) is 3.26. The van der Waals surface area contributed by atoms with Crippen LogP contribution in [0.2, 0.25) is 0 Å². The van der Waals surface area contributed by atoms with Gasteiger partial charge in [-0.15, -0.1) is 0 Å². The standard InChI is InChI=1S/C13H25N3S/c1-4-14-12(15-9-11-5-6-11)16-7-8-17-13(2,3)10-16/h11H,4-10H2,1-3H3,(H,14,15). The van der Waals surface area contributed by atoms with Gasteiger partial charge >= 0.3 is 0 Å². The van der Waals surface area contributed by atoms with Gasteiger partial charge < -0.3 is 10.2 Å². The van der Waals surface area contributed by atoms with Crippen LogP contribution in [0, 0.1) is 5.92 Å². The van der Waals surface area contributed by atoms with Crippen LogP contribution in [0.15, 0.2) is 4.99 Å². The largest absolute Gasteiger partial charge is 0.357 e. The van der Waals surface area contributed by atoms with Crippen molar-refractivity contribution in [2.45, 2.75) is 38.4 Å². The van der Waals surface area contributed by atoms with E-state index in [4.69, 9.17) is 4.99 Å². The van der Waals surface area contributed by atoms with Gasteiger partial charge in [0.2, 0.25) is 0 Å². The third kappa shape index (κ3) is 4.09. The Hall–Kier alpha value is -0.380. The van der Waals surface area contributed by atoms with Crippen LogP contribution in [0.25, 0.3) is 0 Å². The molecule has 0 unspecified atom stereocenters. The summed E-state index contributed by atoms with van der Waals surface area (Å²) in [6.07, 6.45) is 2.76. The quantitative estimate of drug-likeness (QED) is 0.619. The fourth-order valence-electron chi connectivity index (χ4n) is 2.14. The number of nitrogens with one attached hydrogen (secondary N) is 1. The summed E-state index contributed by atoms with van der Waals surface area (Å²) in [7, 11) is 0. The first-order chi connectivity index (χ1) is 8.11. The highest BCUT2D eigenvalue weighted by atomic mass is 32.2. The predicted octanol–water partition coefficient (Wildman–Crippen LogP) is 2.19. The Morgan fingerprint density at radius 2 is 2.24 bits per heavy atom. The average Bonchev–Trinajstić information content (AvgIpc) is 3.06. The number of guanidine groups is 1. The molecular weight excluding hydrogens is 230 g/mol. The molecule has 3 nitrogen and oxygen atoms in total. The second-order valence-corrected chi connectivity index (χ2v) is 7.47. The van der Waals surface area contributed by atoms with Crippen molar-refractivity contribution in [1.82, 2.24) is 10.2 Å². The molecule has 1 saturated carbocycles. The van der Waals surface area contributed by atoms with Crippen LogP contribution in [-0.2, 0) is 0 Å². The highest BCUT2D eigenvalue weighted by molar-refractivity contribution is 8.00. The van der Waals surface area contributed by atoms with Gasteiger partial charge in [-0.1, -0.05) is 0 Å². The van der Waals surface area contributed by atoms with E-state index >= 15 is 0 Å². The first-order valence-corrected chi connectivity index (χ1v) is 7.76. The number of nitrogens with zero attached hydrogens (tertiary/aromatic N) is 2. The molecule has 0 bridgehead atoms. The van der Waals surface area contributed by atoms with E-state index in [9.17, 15) is 0 Å². The first-order valence-electron chi connectivity index (χ1n) is 6.78. The van der Waals surface area contributed by atoms with Crippen LogP contribution in [0.4, 0.5) is 0 Å². The Morgan fingerprint density at radius 1 is 1.47 bits per heavy atom. The molecule has 0 spiro atoms. The first kappa shape index (κ1) is 13.1. The second kappa shape index (κ2) is 5.51. The summed E-state index contributed by atoms with van der Waals surface area (Å²) in [6.45, 7) is 11.0. The summed E-state index contributed by atoms with van der Waals surface area (Å²) in [5.74, 6) is 3.21. The van der Waals surface area contributed by atoms with Crippen LogP contribution in [0.3, 0.4) is 0 Å². The maximum atomic E-state index is 4.79. The lowest BCUT2D eigenvalue weighted by molar-refractivity contribution is 0.375. The van der Waals surface area contributed by atoms with Gasteiger partial charge in [0.15, 0.2) is 5.96 Å². The molecule has 1 aliphatic heterocycles. The molecule has 0 atom stereocenters. The molecule has 0 radical (unpaired) electrons. The summed E-state index contributed by atoms with van der Waals surface area (Å²) < 4.78 is 0.355. The molecule has 17 heavy (non-hydrogen) atoms. The van der Waals surface area contributed by atoms with Crippen LogP contribution < -0.4 is 5.32 Å². The highest BCUT2D eigenvalue weighted by Crippen LogP contribution is 2.30. The van der Waals surface area contributed by atoms with Crippen LogP contribution >= 0.6 is 11.8 Å². The van der Waals surface area contributed by atoms with Gasteiger partial charge in [0.05, 0.1) is 0 Å². The zero-order chi connectivity index (χ0) is 12.3. The molecule has 0 aromatic carbocycles. The van der Waals surface area contributed by atoms with Gasteiger partial charge in [0.25, 0.3) is 0 Å². The van der Waals surface area contributed by atoms with Crippen LogP contribution in [0.5, 0.6) is 0 Å². The van der Waals surface area contributed by atoms with Crippen molar-refractivity contribution in [3.8, 4) is 0 Å². The third-order valence-corrected chi connectivity index (χ3v) is 4.55. The normalized spacial score (nSPS) is 24.9. The number of thioether (sulfide) groups is 1. The molecule has 0 amide bonds. The maximum Gasteiger partial charge on any atom is 0.193 e. The van der Waals surface area contributed by atoms with Gasteiger partial charge in [-0.2, -0.15) is 11.8 Å². The predicted molar refractivity (Wildman–Crippen MR) is 76.8 cm³/mol. The molecule has 2 fully saturated rings. The van der Waals surface area contributed by atoms with E-state index in [1.54, 1.807) is 0 Å². The van der Waals surface area contributed by atoms with Gasteiger partial charge in [-0.25, -0.2) is 0 Å². The van der Waals surface area contributed by atoms with E-state index in [1.165, 1.54) is 18.6 Å². The summed E-state index contributed by atoms with van der Waals surface area (Å²) in [5.41, 5.74) is 0. The van der Waals surface area contributed by atoms with E-state index in [2.05, 4.69) is 42.7 Å². The molecule has 1 heterocycles. The van der Waals surface area contributed by atoms with Crippen LogP contribution in [-0.4, -0.2) is 47.5 Å². The Morgan fingerprint density at radius 3 is 2.82 bits per heavy atom. The summed E-state index contributed by atoms with van der Waals surface area (Å²) >= 11 is 2.07. The number of rotatable bonds is 3. The monoisotopic (exact) mass is 255 g/mol. The molecular formula is C13H25N3S. The van der Waals surface area contributed by atoms with Crippen molar-refractivity contribution in [1.29, 1.82) is 0 Å². The minimum Gasteiger partial charge on any atom is -0.357 e. The van der Waals surface area contributed by atoms with Crippen molar-refractivity contribution < 1.29 is 0 Å². The van der Waals surface area contributed by atoms with E-state index in [-0.39, 0.29) is 0 Å². The van der Waals surface area contributed by atoms with Crippen LogP contribution in [0.1, 0.15) is 33.6 Å². The SMILES string of the molecule is CCNC(=NCC1CC1)N1CCSC(C)(C)C1. The fourth-order valence-corrected chi connectivity index (χ4v) is 3.25.